The molecule has 0 aromatic heterocycles. The zero-order valence-electron chi connectivity index (χ0n) is 25.2. The summed E-state index contributed by atoms with van der Waals surface area (Å²) in [5.41, 5.74) is 0.103. The fourth-order valence-corrected chi connectivity index (χ4v) is 7.82. The molecule has 0 radical (unpaired) electrons. The Kier molecular flexibility index (Phi) is 7.42. The van der Waals surface area contributed by atoms with Crippen LogP contribution in [0.5, 0.6) is 0 Å². The van der Waals surface area contributed by atoms with Crippen LogP contribution in [0.2, 0.25) is 0 Å². The molecule has 45 heavy (non-hydrogen) atoms. The number of carbonyl (C=O) groups is 3. The average Bonchev–Trinajstić information content (AvgIpc) is 3.34. The van der Waals surface area contributed by atoms with Gasteiger partial charge in [0.2, 0.25) is 17.7 Å². The minimum atomic E-state index is -1.40. The minimum absolute atomic E-state index is 0.223. The summed E-state index contributed by atoms with van der Waals surface area (Å²) in [6.45, 7) is 2.52. The molecule has 4 aliphatic rings. The Morgan fingerprint density at radius 2 is 1.40 bits per heavy atom. The molecular weight excluding hydrogens is 566 g/mol. The van der Waals surface area contributed by atoms with Crippen molar-refractivity contribution in [2.45, 2.75) is 43.2 Å². The molecule has 7 rings (SSSR count). The van der Waals surface area contributed by atoms with E-state index in [1.807, 2.05) is 122 Å². The smallest absolute Gasteiger partial charge is 0.249 e. The van der Waals surface area contributed by atoms with Crippen molar-refractivity contribution in [3.63, 3.8) is 0 Å². The van der Waals surface area contributed by atoms with Crippen LogP contribution >= 0.6 is 0 Å². The van der Waals surface area contributed by atoms with E-state index < -0.39 is 35.1 Å². The number of hydrogen-bond donors (Lipinski definition) is 1. The van der Waals surface area contributed by atoms with Gasteiger partial charge in [0.1, 0.15) is 11.6 Å². The average molecular weight is 604 g/mol. The van der Waals surface area contributed by atoms with E-state index in [4.69, 9.17) is 4.74 Å². The van der Waals surface area contributed by atoms with Crippen LogP contribution < -0.4 is 4.90 Å². The lowest BCUT2D eigenvalue weighted by molar-refractivity contribution is -0.154. The molecule has 8 nitrogen and oxygen atoms in total. The van der Waals surface area contributed by atoms with Crippen LogP contribution in [0, 0.1) is 11.8 Å². The molecule has 4 aliphatic heterocycles. The Labute approximate surface area is 263 Å². The highest BCUT2D eigenvalue weighted by Crippen LogP contribution is 2.58. The highest BCUT2D eigenvalue weighted by Gasteiger charge is 2.75. The van der Waals surface area contributed by atoms with Crippen LogP contribution in [0.25, 0.3) is 0 Å². The molecule has 0 aliphatic carbocycles. The first-order valence-corrected chi connectivity index (χ1v) is 15.6. The normalized spacial score (nSPS) is 29.7. The second-order valence-electron chi connectivity index (χ2n) is 12.6. The number of fused-ring (bicyclic) bond motifs is 2. The van der Waals surface area contributed by atoms with Gasteiger partial charge in [-0.25, -0.2) is 0 Å². The first-order chi connectivity index (χ1) is 21.9. The first kappa shape index (κ1) is 29.2. The van der Waals surface area contributed by atoms with Gasteiger partial charge in [-0.15, -0.1) is 0 Å². The SMILES string of the molecule is C[C@@]12C=CCN(c3ccccc3)C(=O)[C@@H]1[C@H]1C(=O)N([C@@H](CO)Cc3ccccc3)C3C(=O)N(Cc4ccccc4)CC=C[C@@]31O2. The molecule has 1 unspecified atom stereocenters. The summed E-state index contributed by atoms with van der Waals surface area (Å²) in [5.74, 6) is -2.68. The second kappa shape index (κ2) is 11.4. The van der Waals surface area contributed by atoms with Crippen molar-refractivity contribution < 1.29 is 24.2 Å². The molecule has 230 valence electrons. The van der Waals surface area contributed by atoms with E-state index in [2.05, 4.69) is 0 Å². The number of aliphatic hydroxyl groups excluding tert-OH is 1. The van der Waals surface area contributed by atoms with E-state index in [-0.39, 0.29) is 24.3 Å². The first-order valence-electron chi connectivity index (χ1n) is 15.6. The Bertz CT molecular complexity index is 1640. The highest BCUT2D eigenvalue weighted by atomic mass is 16.5. The number of ether oxygens (including phenoxy) is 1. The van der Waals surface area contributed by atoms with Gasteiger partial charge < -0.3 is 24.5 Å². The maximum atomic E-state index is 14.9. The summed E-state index contributed by atoms with van der Waals surface area (Å²) in [7, 11) is 0. The van der Waals surface area contributed by atoms with Crippen LogP contribution in [0.15, 0.2) is 115 Å². The van der Waals surface area contributed by atoms with Crippen LogP contribution in [0.3, 0.4) is 0 Å². The lowest BCUT2D eigenvalue weighted by atomic mass is 9.74. The Hall–Kier alpha value is -4.53. The van der Waals surface area contributed by atoms with Gasteiger partial charge in [0.15, 0.2) is 0 Å². The van der Waals surface area contributed by atoms with Gasteiger partial charge in [-0.05, 0) is 36.6 Å². The number of para-hydroxylation sites is 1. The van der Waals surface area contributed by atoms with E-state index in [0.717, 1.165) is 16.8 Å². The zero-order valence-corrected chi connectivity index (χ0v) is 25.2. The van der Waals surface area contributed by atoms with Crippen LogP contribution in [-0.4, -0.2) is 75.6 Å². The van der Waals surface area contributed by atoms with E-state index in [1.165, 1.54) is 0 Å². The van der Waals surface area contributed by atoms with Crippen LogP contribution in [-0.2, 0) is 32.1 Å². The maximum absolute atomic E-state index is 14.9. The molecule has 0 saturated carbocycles. The predicted octanol–water partition coefficient (Wildman–Crippen LogP) is 3.76. The summed E-state index contributed by atoms with van der Waals surface area (Å²) in [5, 5.41) is 10.8. The third kappa shape index (κ3) is 4.80. The molecule has 0 bridgehead atoms. The lowest BCUT2D eigenvalue weighted by Gasteiger charge is -2.40. The van der Waals surface area contributed by atoms with Gasteiger partial charge >= 0.3 is 0 Å². The van der Waals surface area contributed by atoms with Crippen molar-refractivity contribution in [1.82, 2.24) is 9.80 Å². The molecular formula is C37H37N3O5. The number of rotatable bonds is 7. The fraction of sp³-hybridized carbons (Fsp3) is 0.324. The zero-order chi connectivity index (χ0) is 31.2. The van der Waals surface area contributed by atoms with Crippen molar-refractivity contribution in [2.75, 3.05) is 24.6 Å². The molecule has 3 aromatic rings. The predicted molar refractivity (Wildman–Crippen MR) is 170 cm³/mol. The largest absolute Gasteiger partial charge is 0.394 e. The summed E-state index contributed by atoms with van der Waals surface area (Å²) in [6.07, 6.45) is 7.90. The molecule has 1 spiro atoms. The van der Waals surface area contributed by atoms with Crippen molar-refractivity contribution in [1.29, 1.82) is 0 Å². The molecule has 8 heteroatoms. The summed E-state index contributed by atoms with van der Waals surface area (Å²) in [6, 6.07) is 27.0. The van der Waals surface area contributed by atoms with Crippen molar-refractivity contribution in [2.24, 2.45) is 11.8 Å². The maximum Gasteiger partial charge on any atom is 0.249 e. The molecule has 3 aromatic carbocycles. The quantitative estimate of drug-likeness (QED) is 0.416. The lowest BCUT2D eigenvalue weighted by Crippen LogP contribution is -2.59. The Morgan fingerprint density at radius 3 is 2.07 bits per heavy atom. The van der Waals surface area contributed by atoms with Crippen molar-refractivity contribution in [3.05, 3.63) is 126 Å². The number of benzene rings is 3. The number of anilines is 1. The van der Waals surface area contributed by atoms with Crippen molar-refractivity contribution in [3.8, 4) is 0 Å². The molecule has 6 atom stereocenters. The molecule has 4 heterocycles. The third-order valence-corrected chi connectivity index (χ3v) is 9.78. The number of likely N-dealkylation sites (tertiary alicyclic amines) is 1. The highest BCUT2D eigenvalue weighted by molar-refractivity contribution is 6.04. The number of hydrogen-bond acceptors (Lipinski definition) is 5. The molecule has 2 saturated heterocycles. The van der Waals surface area contributed by atoms with Crippen molar-refractivity contribution >= 4 is 23.4 Å². The monoisotopic (exact) mass is 603 g/mol. The molecule has 1 N–H and O–H groups in total. The number of nitrogens with zero attached hydrogens (tertiary/aromatic N) is 3. The van der Waals surface area contributed by atoms with E-state index in [9.17, 15) is 19.5 Å². The Morgan fingerprint density at radius 1 is 0.778 bits per heavy atom. The van der Waals surface area contributed by atoms with Crippen LogP contribution in [0.4, 0.5) is 5.69 Å². The van der Waals surface area contributed by atoms with Gasteiger partial charge in [0, 0.05) is 25.3 Å². The topological polar surface area (TPSA) is 90.4 Å². The number of amides is 3. The summed E-state index contributed by atoms with van der Waals surface area (Å²) < 4.78 is 6.98. The van der Waals surface area contributed by atoms with Gasteiger partial charge in [0.25, 0.3) is 0 Å². The fourth-order valence-electron chi connectivity index (χ4n) is 7.82. The minimum Gasteiger partial charge on any atom is -0.394 e. The standard InChI is InChI=1S/C37H37N3O5/c1-36-19-11-22-39(28-17-9-4-10-18-28)33(42)30(36)31-34(43)40(29(25-41)23-26-13-5-2-6-14-26)32-35(44)38(21-12-20-37(31,32)45-36)24-27-15-7-3-8-16-27/h2-20,29-32,41H,21-25H2,1H3/t29-,30+,31+,32?,36-,37+/m1/s1. The third-order valence-electron chi connectivity index (χ3n) is 9.78. The number of aliphatic hydroxyl groups is 1. The van der Waals surface area contributed by atoms with Crippen LogP contribution in [0.1, 0.15) is 18.1 Å². The van der Waals surface area contributed by atoms with Gasteiger partial charge in [-0.2, -0.15) is 0 Å². The van der Waals surface area contributed by atoms with Gasteiger partial charge in [-0.3, -0.25) is 14.4 Å². The van der Waals surface area contributed by atoms with E-state index in [0.29, 0.717) is 26.1 Å². The summed E-state index contributed by atoms with van der Waals surface area (Å²) in [4.78, 5) is 49.2. The summed E-state index contributed by atoms with van der Waals surface area (Å²) >= 11 is 0. The molecule has 3 amide bonds. The van der Waals surface area contributed by atoms with Gasteiger partial charge in [0.05, 0.1) is 30.1 Å². The van der Waals surface area contributed by atoms with E-state index >= 15 is 0 Å². The van der Waals surface area contributed by atoms with E-state index in [1.54, 1.807) is 14.7 Å². The Balaban J connectivity index is 1.34. The van der Waals surface area contributed by atoms with Gasteiger partial charge in [-0.1, -0.05) is 103 Å². The second-order valence-corrected chi connectivity index (χ2v) is 12.6. The number of carbonyl (C=O) groups excluding carboxylic acids is 3. The molecule has 2 fully saturated rings.